The van der Waals surface area contributed by atoms with Crippen molar-refractivity contribution in [3.8, 4) is 0 Å². The molecule has 6 heteroatoms. The van der Waals surface area contributed by atoms with E-state index in [0.29, 0.717) is 5.02 Å². The Balaban J connectivity index is 1.75. The van der Waals surface area contributed by atoms with Gasteiger partial charge in [0.1, 0.15) is 12.1 Å². The van der Waals surface area contributed by atoms with Gasteiger partial charge in [0.15, 0.2) is 0 Å². The van der Waals surface area contributed by atoms with Crippen LogP contribution in [-0.4, -0.2) is 43.4 Å². The van der Waals surface area contributed by atoms with E-state index in [1.807, 2.05) is 24.3 Å². The Morgan fingerprint density at radius 1 is 1.04 bits per heavy atom. The minimum Gasteiger partial charge on any atom is -0.369 e. The maximum absolute atomic E-state index is 13.1. The van der Waals surface area contributed by atoms with E-state index in [2.05, 4.69) is 9.80 Å². The normalized spacial score (nSPS) is 18.0. The number of piperazine rings is 1. The third kappa shape index (κ3) is 4.00. The van der Waals surface area contributed by atoms with Gasteiger partial charge >= 0.3 is 0 Å². The maximum Gasteiger partial charge on any atom is 0.138 e. The molecule has 0 bridgehead atoms. The van der Waals surface area contributed by atoms with Crippen molar-refractivity contribution >= 4 is 23.6 Å². The summed E-state index contributed by atoms with van der Waals surface area (Å²) in [7, 11) is 0. The summed E-state index contributed by atoms with van der Waals surface area (Å²) in [5.41, 5.74) is 7.96. The van der Waals surface area contributed by atoms with Crippen LogP contribution in [0.1, 0.15) is 11.6 Å². The summed E-state index contributed by atoms with van der Waals surface area (Å²) in [6, 6.07) is 13.1. The molecular formula is C19H21ClFN3O. The fraction of sp³-hybridized carbons (Fsp3) is 0.316. The van der Waals surface area contributed by atoms with Gasteiger partial charge in [-0.05, 0) is 35.9 Å². The molecular weight excluding hydrogens is 341 g/mol. The predicted molar refractivity (Wildman–Crippen MR) is 98.4 cm³/mol. The lowest BCUT2D eigenvalue weighted by Gasteiger charge is -2.41. The molecule has 4 nitrogen and oxygen atoms in total. The molecule has 0 saturated carbocycles. The SMILES string of the molecule is NC(C=O)C(c1ccccc1Cl)N1CCN(c2ccc(F)cc2)CC1. The van der Waals surface area contributed by atoms with Gasteiger partial charge in [0.05, 0.1) is 12.1 Å². The zero-order chi connectivity index (χ0) is 17.8. The Morgan fingerprint density at radius 3 is 2.28 bits per heavy atom. The molecule has 2 N–H and O–H groups in total. The van der Waals surface area contributed by atoms with Gasteiger partial charge in [-0.1, -0.05) is 29.8 Å². The van der Waals surface area contributed by atoms with Crippen LogP contribution in [-0.2, 0) is 4.79 Å². The second-order valence-electron chi connectivity index (χ2n) is 6.18. The van der Waals surface area contributed by atoms with E-state index in [4.69, 9.17) is 17.3 Å². The Kier molecular flexibility index (Phi) is 5.68. The fourth-order valence-electron chi connectivity index (χ4n) is 3.35. The molecule has 0 aromatic heterocycles. The van der Waals surface area contributed by atoms with Crippen molar-refractivity contribution in [1.82, 2.24) is 4.90 Å². The Morgan fingerprint density at radius 2 is 1.68 bits per heavy atom. The second-order valence-corrected chi connectivity index (χ2v) is 6.59. The lowest BCUT2D eigenvalue weighted by atomic mass is 9.98. The average Bonchev–Trinajstić information content (AvgIpc) is 2.64. The van der Waals surface area contributed by atoms with E-state index >= 15 is 0 Å². The van der Waals surface area contributed by atoms with Gasteiger partial charge in [0.2, 0.25) is 0 Å². The van der Waals surface area contributed by atoms with Gasteiger partial charge in [-0.2, -0.15) is 0 Å². The first-order valence-corrected chi connectivity index (χ1v) is 8.68. The number of anilines is 1. The fourth-order valence-corrected chi connectivity index (χ4v) is 3.59. The number of hydrogen-bond acceptors (Lipinski definition) is 4. The number of benzene rings is 2. The van der Waals surface area contributed by atoms with Crippen molar-refractivity contribution in [2.75, 3.05) is 31.1 Å². The number of nitrogens with two attached hydrogens (primary N) is 1. The van der Waals surface area contributed by atoms with Crippen molar-refractivity contribution in [3.05, 3.63) is 64.9 Å². The van der Waals surface area contributed by atoms with Crippen LogP contribution in [0.15, 0.2) is 48.5 Å². The van der Waals surface area contributed by atoms with Crippen LogP contribution in [0, 0.1) is 5.82 Å². The Hall–Kier alpha value is -1.95. The Labute approximate surface area is 152 Å². The number of rotatable bonds is 5. The van der Waals surface area contributed by atoms with Crippen molar-refractivity contribution in [2.45, 2.75) is 12.1 Å². The number of nitrogens with zero attached hydrogens (tertiary/aromatic N) is 2. The third-order valence-electron chi connectivity index (χ3n) is 4.65. The first-order valence-electron chi connectivity index (χ1n) is 8.30. The summed E-state index contributed by atoms with van der Waals surface area (Å²) >= 11 is 6.33. The van der Waals surface area contributed by atoms with Crippen LogP contribution >= 0.6 is 11.6 Å². The monoisotopic (exact) mass is 361 g/mol. The number of aldehydes is 1. The highest BCUT2D eigenvalue weighted by molar-refractivity contribution is 6.31. The highest BCUT2D eigenvalue weighted by Gasteiger charge is 2.30. The molecule has 25 heavy (non-hydrogen) atoms. The van der Waals surface area contributed by atoms with Gasteiger partial charge in [-0.25, -0.2) is 4.39 Å². The molecule has 1 aliphatic rings. The van der Waals surface area contributed by atoms with Crippen molar-refractivity contribution in [1.29, 1.82) is 0 Å². The van der Waals surface area contributed by atoms with Crippen molar-refractivity contribution in [2.24, 2.45) is 5.73 Å². The molecule has 0 spiro atoms. The molecule has 1 heterocycles. The third-order valence-corrected chi connectivity index (χ3v) is 4.99. The largest absolute Gasteiger partial charge is 0.369 e. The summed E-state index contributed by atoms with van der Waals surface area (Å²) in [6.07, 6.45) is 0.778. The molecule has 0 aliphatic carbocycles. The van der Waals surface area contributed by atoms with E-state index in [9.17, 15) is 9.18 Å². The quantitative estimate of drug-likeness (QED) is 0.832. The smallest absolute Gasteiger partial charge is 0.138 e. The topological polar surface area (TPSA) is 49.6 Å². The molecule has 2 atom stereocenters. The van der Waals surface area contributed by atoms with Crippen LogP contribution in [0.3, 0.4) is 0 Å². The Bertz CT molecular complexity index is 717. The van der Waals surface area contributed by atoms with Gasteiger partial charge in [-0.15, -0.1) is 0 Å². The summed E-state index contributed by atoms with van der Waals surface area (Å²) in [4.78, 5) is 15.7. The van der Waals surface area contributed by atoms with E-state index < -0.39 is 6.04 Å². The van der Waals surface area contributed by atoms with Crippen LogP contribution < -0.4 is 10.6 Å². The average molecular weight is 362 g/mol. The molecule has 132 valence electrons. The minimum absolute atomic E-state index is 0.238. The van der Waals surface area contributed by atoms with Gasteiger partial charge in [0.25, 0.3) is 0 Å². The summed E-state index contributed by atoms with van der Waals surface area (Å²) in [5, 5.41) is 0.616. The molecule has 2 aromatic carbocycles. The first kappa shape index (κ1) is 17.9. The lowest BCUT2D eigenvalue weighted by Crippen LogP contribution is -2.52. The van der Waals surface area contributed by atoms with Crippen molar-refractivity contribution in [3.63, 3.8) is 0 Å². The molecule has 3 rings (SSSR count). The minimum atomic E-state index is -0.641. The molecule has 1 fully saturated rings. The van der Waals surface area contributed by atoms with Gasteiger partial charge in [0, 0.05) is 36.9 Å². The number of carbonyl (C=O) groups excluding carboxylic acids is 1. The van der Waals surface area contributed by atoms with E-state index in [1.165, 1.54) is 12.1 Å². The molecule has 0 radical (unpaired) electrons. The van der Waals surface area contributed by atoms with E-state index in [0.717, 1.165) is 43.7 Å². The number of carbonyl (C=O) groups is 1. The van der Waals surface area contributed by atoms with Gasteiger partial charge < -0.3 is 15.4 Å². The predicted octanol–water partition coefficient (Wildman–Crippen LogP) is 2.87. The van der Waals surface area contributed by atoms with Crippen LogP contribution in [0.25, 0.3) is 0 Å². The van der Waals surface area contributed by atoms with E-state index in [-0.39, 0.29) is 11.9 Å². The zero-order valence-corrected chi connectivity index (χ0v) is 14.6. The summed E-state index contributed by atoms with van der Waals surface area (Å²) in [6.45, 7) is 3.04. The van der Waals surface area contributed by atoms with E-state index in [1.54, 1.807) is 12.1 Å². The van der Waals surface area contributed by atoms with Crippen LogP contribution in [0.2, 0.25) is 5.02 Å². The highest BCUT2D eigenvalue weighted by Crippen LogP contribution is 2.30. The molecule has 0 amide bonds. The molecule has 1 aliphatic heterocycles. The maximum atomic E-state index is 13.1. The van der Waals surface area contributed by atoms with Crippen molar-refractivity contribution < 1.29 is 9.18 Å². The number of hydrogen-bond donors (Lipinski definition) is 1. The summed E-state index contributed by atoms with van der Waals surface area (Å²) in [5.74, 6) is -0.238. The second kappa shape index (κ2) is 7.95. The molecule has 1 saturated heterocycles. The zero-order valence-electron chi connectivity index (χ0n) is 13.8. The highest BCUT2D eigenvalue weighted by atomic mass is 35.5. The summed E-state index contributed by atoms with van der Waals surface area (Å²) < 4.78 is 13.1. The van der Waals surface area contributed by atoms with Crippen LogP contribution in [0.4, 0.5) is 10.1 Å². The molecule has 2 aromatic rings. The number of halogens is 2. The molecule has 2 unspecified atom stereocenters. The first-order chi connectivity index (χ1) is 12.1. The van der Waals surface area contributed by atoms with Gasteiger partial charge in [-0.3, -0.25) is 4.90 Å². The van der Waals surface area contributed by atoms with Crippen LogP contribution in [0.5, 0.6) is 0 Å². The standard InChI is InChI=1S/C19H21ClFN3O/c20-17-4-2-1-3-16(17)19(18(22)13-25)24-11-9-23(10-12-24)15-7-5-14(21)6-8-15/h1-8,13,18-19H,9-12,22H2. The lowest BCUT2D eigenvalue weighted by molar-refractivity contribution is -0.110.